The minimum atomic E-state index is -0.234. The number of piperidine rings is 1. The summed E-state index contributed by atoms with van der Waals surface area (Å²) < 4.78 is 0. The number of carbonyl (C=O) groups is 1. The zero-order valence-corrected chi connectivity index (χ0v) is 11.1. The number of anilines is 1. The summed E-state index contributed by atoms with van der Waals surface area (Å²) in [5.41, 5.74) is 7.72. The molecule has 1 aliphatic heterocycles. The maximum Gasteiger partial charge on any atom is 0.218 e. The molecule has 0 saturated carbocycles. The Kier molecular flexibility index (Phi) is 4.24. The fraction of sp³-hybridized carbons (Fsp3) is 0.533. The minimum absolute atomic E-state index is 0.206. The lowest BCUT2D eigenvalue weighted by atomic mass is 9.97. The molecule has 0 bridgehead atoms. The van der Waals surface area contributed by atoms with Crippen LogP contribution in [0.1, 0.15) is 44.1 Å². The Morgan fingerprint density at radius 2 is 1.83 bits per heavy atom. The summed E-state index contributed by atoms with van der Waals surface area (Å²) >= 11 is 0. The van der Waals surface area contributed by atoms with Crippen LogP contribution in [-0.4, -0.2) is 19.0 Å². The Balaban J connectivity index is 2.02. The van der Waals surface area contributed by atoms with Gasteiger partial charge in [-0.25, -0.2) is 0 Å². The maximum absolute atomic E-state index is 10.9. The van der Waals surface area contributed by atoms with Crippen molar-refractivity contribution in [2.45, 2.75) is 38.5 Å². The van der Waals surface area contributed by atoms with Crippen molar-refractivity contribution < 1.29 is 4.79 Å². The molecule has 1 aliphatic rings. The average molecular weight is 246 g/mol. The first-order valence-electron chi connectivity index (χ1n) is 6.80. The van der Waals surface area contributed by atoms with Crippen molar-refractivity contribution in [3.63, 3.8) is 0 Å². The third kappa shape index (κ3) is 3.25. The van der Waals surface area contributed by atoms with Crippen molar-refractivity contribution >= 4 is 11.6 Å². The lowest BCUT2D eigenvalue weighted by Crippen LogP contribution is -2.29. The van der Waals surface area contributed by atoms with Gasteiger partial charge >= 0.3 is 0 Å². The largest absolute Gasteiger partial charge is 0.372 e. The molecule has 18 heavy (non-hydrogen) atoms. The molecular weight excluding hydrogens is 224 g/mol. The molecule has 1 aromatic carbocycles. The van der Waals surface area contributed by atoms with E-state index in [1.807, 2.05) is 6.92 Å². The van der Waals surface area contributed by atoms with Crippen LogP contribution in [0.3, 0.4) is 0 Å². The van der Waals surface area contributed by atoms with Gasteiger partial charge in [0.05, 0.1) is 0 Å². The Morgan fingerprint density at radius 1 is 1.22 bits per heavy atom. The highest BCUT2D eigenvalue weighted by molar-refractivity contribution is 5.74. The highest BCUT2D eigenvalue weighted by Crippen LogP contribution is 2.24. The summed E-state index contributed by atoms with van der Waals surface area (Å²) in [6.07, 6.45) is 4.35. The molecule has 1 atom stereocenters. The molecule has 1 aromatic rings. The molecule has 2 N–H and O–H groups in total. The number of carbonyl (C=O) groups excluding carboxylic acids is 1. The molecule has 3 nitrogen and oxygen atoms in total. The van der Waals surface area contributed by atoms with Crippen LogP contribution < -0.4 is 10.6 Å². The number of amides is 1. The van der Waals surface area contributed by atoms with Crippen molar-refractivity contribution in [1.29, 1.82) is 0 Å². The van der Waals surface area contributed by atoms with Gasteiger partial charge in [-0.2, -0.15) is 0 Å². The molecule has 1 unspecified atom stereocenters. The fourth-order valence-corrected chi connectivity index (χ4v) is 2.59. The highest BCUT2D eigenvalue weighted by atomic mass is 16.1. The van der Waals surface area contributed by atoms with Gasteiger partial charge in [-0.3, -0.25) is 4.79 Å². The van der Waals surface area contributed by atoms with Gasteiger partial charge in [0.15, 0.2) is 0 Å². The smallest absolute Gasteiger partial charge is 0.218 e. The molecule has 3 heteroatoms. The second-order valence-corrected chi connectivity index (χ2v) is 5.21. The first kappa shape index (κ1) is 12.9. The van der Waals surface area contributed by atoms with Crippen LogP contribution in [0.25, 0.3) is 0 Å². The summed E-state index contributed by atoms with van der Waals surface area (Å²) in [5.74, 6) is -0.0273. The number of rotatable bonds is 4. The van der Waals surface area contributed by atoms with Gasteiger partial charge in [-0.05, 0) is 42.9 Å². The topological polar surface area (TPSA) is 46.3 Å². The third-order valence-corrected chi connectivity index (χ3v) is 3.69. The highest BCUT2D eigenvalue weighted by Gasteiger charge is 2.12. The Morgan fingerprint density at radius 3 is 2.39 bits per heavy atom. The zero-order valence-electron chi connectivity index (χ0n) is 11.1. The molecular formula is C15H22N2O. The summed E-state index contributed by atoms with van der Waals surface area (Å²) in [5, 5.41) is 0. The van der Waals surface area contributed by atoms with E-state index in [-0.39, 0.29) is 11.8 Å². The average Bonchev–Trinajstić information content (AvgIpc) is 2.39. The van der Waals surface area contributed by atoms with Gasteiger partial charge in [0.1, 0.15) is 0 Å². The molecule has 1 amide bonds. The Bertz CT molecular complexity index is 393. The molecule has 0 aliphatic carbocycles. The second-order valence-electron chi connectivity index (χ2n) is 5.21. The molecule has 1 saturated heterocycles. The first-order chi connectivity index (χ1) is 8.66. The van der Waals surface area contributed by atoms with E-state index in [2.05, 4.69) is 29.2 Å². The monoisotopic (exact) mass is 246 g/mol. The van der Waals surface area contributed by atoms with E-state index >= 15 is 0 Å². The summed E-state index contributed by atoms with van der Waals surface area (Å²) in [4.78, 5) is 13.3. The Labute approximate surface area is 109 Å². The normalized spacial score (nSPS) is 17.5. The van der Waals surface area contributed by atoms with Crippen LogP contribution in [0.5, 0.6) is 0 Å². The van der Waals surface area contributed by atoms with Crippen molar-refractivity contribution in [2.75, 3.05) is 18.0 Å². The van der Waals surface area contributed by atoms with E-state index in [9.17, 15) is 4.79 Å². The van der Waals surface area contributed by atoms with E-state index in [0.717, 1.165) is 13.1 Å². The predicted molar refractivity (Wildman–Crippen MR) is 74.7 cm³/mol. The number of benzene rings is 1. The predicted octanol–water partition coefficient (Wildman–Crippen LogP) is 2.66. The van der Waals surface area contributed by atoms with E-state index in [0.29, 0.717) is 6.42 Å². The van der Waals surface area contributed by atoms with Crippen molar-refractivity contribution in [3.05, 3.63) is 29.8 Å². The minimum Gasteiger partial charge on any atom is -0.372 e. The summed E-state index contributed by atoms with van der Waals surface area (Å²) in [6.45, 7) is 4.37. The van der Waals surface area contributed by atoms with Gasteiger partial charge < -0.3 is 10.6 Å². The second kappa shape index (κ2) is 5.89. The molecule has 98 valence electrons. The fourth-order valence-electron chi connectivity index (χ4n) is 2.59. The number of hydrogen-bond donors (Lipinski definition) is 1. The van der Waals surface area contributed by atoms with E-state index in [1.165, 1.54) is 30.5 Å². The van der Waals surface area contributed by atoms with Crippen LogP contribution in [-0.2, 0) is 4.79 Å². The van der Waals surface area contributed by atoms with Crippen LogP contribution in [0, 0.1) is 0 Å². The number of hydrogen-bond acceptors (Lipinski definition) is 2. The lowest BCUT2D eigenvalue weighted by Gasteiger charge is -2.29. The van der Waals surface area contributed by atoms with Crippen LogP contribution in [0.2, 0.25) is 0 Å². The zero-order chi connectivity index (χ0) is 13.0. The molecule has 1 fully saturated rings. The van der Waals surface area contributed by atoms with Gasteiger partial charge in [-0.1, -0.05) is 19.1 Å². The van der Waals surface area contributed by atoms with Crippen molar-refractivity contribution in [2.24, 2.45) is 5.73 Å². The Hall–Kier alpha value is -1.51. The van der Waals surface area contributed by atoms with Gasteiger partial charge in [0.25, 0.3) is 0 Å². The van der Waals surface area contributed by atoms with Gasteiger partial charge in [0.2, 0.25) is 5.91 Å². The van der Waals surface area contributed by atoms with Crippen LogP contribution in [0.15, 0.2) is 24.3 Å². The SMILES string of the molecule is CC(CC(N)=O)c1ccc(N2CCCCC2)cc1. The maximum atomic E-state index is 10.9. The lowest BCUT2D eigenvalue weighted by molar-refractivity contribution is -0.118. The molecule has 1 heterocycles. The number of nitrogens with zero attached hydrogens (tertiary/aromatic N) is 1. The van der Waals surface area contributed by atoms with Gasteiger partial charge in [0, 0.05) is 25.2 Å². The standard InChI is InChI=1S/C15H22N2O/c1-12(11-15(16)18)13-5-7-14(8-6-13)17-9-3-2-4-10-17/h5-8,12H,2-4,9-11H2,1H3,(H2,16,18). The van der Waals surface area contributed by atoms with Crippen molar-refractivity contribution in [1.82, 2.24) is 0 Å². The molecule has 0 spiro atoms. The summed E-state index contributed by atoms with van der Waals surface area (Å²) in [6, 6.07) is 8.57. The van der Waals surface area contributed by atoms with E-state index < -0.39 is 0 Å². The van der Waals surface area contributed by atoms with E-state index in [1.54, 1.807) is 0 Å². The van der Waals surface area contributed by atoms with Crippen LogP contribution in [0.4, 0.5) is 5.69 Å². The first-order valence-corrected chi connectivity index (χ1v) is 6.80. The number of primary amides is 1. The van der Waals surface area contributed by atoms with Crippen LogP contribution >= 0.6 is 0 Å². The third-order valence-electron chi connectivity index (χ3n) is 3.69. The van der Waals surface area contributed by atoms with Crippen molar-refractivity contribution in [3.8, 4) is 0 Å². The quantitative estimate of drug-likeness (QED) is 0.887. The van der Waals surface area contributed by atoms with Gasteiger partial charge in [-0.15, -0.1) is 0 Å². The molecule has 0 aromatic heterocycles. The molecule has 2 rings (SSSR count). The van der Waals surface area contributed by atoms with E-state index in [4.69, 9.17) is 5.73 Å². The number of nitrogens with two attached hydrogens (primary N) is 1. The molecule has 0 radical (unpaired) electrons. The summed E-state index contributed by atoms with van der Waals surface area (Å²) in [7, 11) is 0.